The maximum Gasteiger partial charge on any atom is 0.407 e. The van der Waals surface area contributed by atoms with E-state index in [9.17, 15) is 4.79 Å². The van der Waals surface area contributed by atoms with Gasteiger partial charge in [-0.25, -0.2) is 4.79 Å². The molecular weight excluding hydrogens is 264 g/mol. The van der Waals surface area contributed by atoms with E-state index in [2.05, 4.69) is 29.4 Å². The first-order chi connectivity index (χ1) is 9.85. The predicted octanol–water partition coefficient (Wildman–Crippen LogP) is 3.61. The van der Waals surface area contributed by atoms with Crippen molar-refractivity contribution in [1.82, 2.24) is 10.3 Å². The Labute approximate surface area is 125 Å². The van der Waals surface area contributed by atoms with E-state index in [0.29, 0.717) is 6.54 Å². The maximum atomic E-state index is 11.6. The molecule has 0 saturated heterocycles. The van der Waals surface area contributed by atoms with Crippen molar-refractivity contribution in [3.05, 3.63) is 41.6 Å². The molecule has 1 N–H and O–H groups in total. The van der Waals surface area contributed by atoms with E-state index in [0.717, 1.165) is 17.3 Å². The van der Waals surface area contributed by atoms with E-state index in [1.165, 1.54) is 11.1 Å². The van der Waals surface area contributed by atoms with Crippen molar-refractivity contribution >= 4 is 17.0 Å². The lowest BCUT2D eigenvalue weighted by atomic mass is 10.0. The van der Waals surface area contributed by atoms with Crippen LogP contribution in [0.1, 0.15) is 31.9 Å². The van der Waals surface area contributed by atoms with Crippen LogP contribution in [-0.4, -0.2) is 23.2 Å². The Morgan fingerprint density at radius 1 is 1.33 bits per heavy atom. The predicted molar refractivity (Wildman–Crippen MR) is 84.4 cm³/mol. The molecule has 0 radical (unpaired) electrons. The van der Waals surface area contributed by atoms with Crippen LogP contribution >= 0.6 is 0 Å². The Morgan fingerprint density at radius 2 is 2.10 bits per heavy atom. The molecule has 0 bridgehead atoms. The maximum absolute atomic E-state index is 11.6. The summed E-state index contributed by atoms with van der Waals surface area (Å²) in [7, 11) is 0. The lowest BCUT2D eigenvalue weighted by Gasteiger charge is -2.19. The highest BCUT2D eigenvalue weighted by molar-refractivity contribution is 5.80. The second kappa shape index (κ2) is 6.12. The lowest BCUT2D eigenvalue weighted by Crippen LogP contribution is -2.33. The average Bonchev–Trinajstić information content (AvgIpc) is 2.37. The molecule has 1 amide bonds. The van der Waals surface area contributed by atoms with Crippen LogP contribution in [0.2, 0.25) is 0 Å². The van der Waals surface area contributed by atoms with Crippen molar-refractivity contribution in [2.75, 3.05) is 6.54 Å². The number of fused-ring (bicyclic) bond motifs is 1. The first-order valence-corrected chi connectivity index (χ1v) is 7.16. The van der Waals surface area contributed by atoms with Gasteiger partial charge in [0.25, 0.3) is 0 Å². The minimum atomic E-state index is -0.464. The fourth-order valence-corrected chi connectivity index (χ4v) is 2.15. The third kappa shape index (κ3) is 4.45. The van der Waals surface area contributed by atoms with Crippen molar-refractivity contribution in [2.45, 2.75) is 39.7 Å². The Morgan fingerprint density at radius 3 is 2.81 bits per heavy atom. The number of hydrogen-bond donors (Lipinski definition) is 1. The van der Waals surface area contributed by atoms with E-state index < -0.39 is 5.60 Å². The summed E-state index contributed by atoms with van der Waals surface area (Å²) in [5.41, 5.74) is 2.94. The Bertz CT molecular complexity index is 645. The molecule has 1 aromatic carbocycles. The van der Waals surface area contributed by atoms with Gasteiger partial charge < -0.3 is 10.1 Å². The van der Waals surface area contributed by atoms with E-state index in [1.54, 1.807) is 6.20 Å². The molecule has 21 heavy (non-hydrogen) atoms. The minimum Gasteiger partial charge on any atom is -0.444 e. The monoisotopic (exact) mass is 286 g/mol. The highest BCUT2D eigenvalue weighted by Crippen LogP contribution is 2.18. The van der Waals surface area contributed by atoms with Gasteiger partial charge in [0.2, 0.25) is 0 Å². The quantitative estimate of drug-likeness (QED) is 0.937. The number of amides is 1. The van der Waals surface area contributed by atoms with E-state index in [-0.39, 0.29) is 6.09 Å². The summed E-state index contributed by atoms with van der Waals surface area (Å²) in [5, 5.41) is 3.91. The van der Waals surface area contributed by atoms with Gasteiger partial charge in [-0.15, -0.1) is 0 Å². The molecule has 0 saturated carbocycles. The van der Waals surface area contributed by atoms with Gasteiger partial charge in [0.15, 0.2) is 0 Å². The number of carbonyl (C=O) groups is 1. The number of pyridine rings is 1. The van der Waals surface area contributed by atoms with Crippen molar-refractivity contribution in [3.63, 3.8) is 0 Å². The summed E-state index contributed by atoms with van der Waals surface area (Å²) in [4.78, 5) is 15.9. The molecule has 2 aromatic rings. The zero-order valence-electron chi connectivity index (χ0n) is 13.1. The van der Waals surface area contributed by atoms with Crippen molar-refractivity contribution in [2.24, 2.45) is 0 Å². The molecule has 0 unspecified atom stereocenters. The van der Waals surface area contributed by atoms with Gasteiger partial charge in [0.1, 0.15) is 5.60 Å². The van der Waals surface area contributed by atoms with Crippen LogP contribution < -0.4 is 5.32 Å². The highest BCUT2D eigenvalue weighted by atomic mass is 16.6. The number of alkyl carbamates (subject to hydrolysis) is 1. The van der Waals surface area contributed by atoms with E-state index >= 15 is 0 Å². The Hall–Kier alpha value is -2.10. The topological polar surface area (TPSA) is 51.2 Å². The fourth-order valence-electron chi connectivity index (χ4n) is 2.15. The second-order valence-corrected chi connectivity index (χ2v) is 6.15. The summed E-state index contributed by atoms with van der Waals surface area (Å²) >= 11 is 0. The fraction of sp³-hybridized carbons (Fsp3) is 0.412. The van der Waals surface area contributed by atoms with Crippen LogP contribution in [0.5, 0.6) is 0 Å². The normalized spacial score (nSPS) is 11.4. The van der Waals surface area contributed by atoms with E-state index in [1.807, 2.05) is 32.9 Å². The highest BCUT2D eigenvalue weighted by Gasteiger charge is 2.15. The van der Waals surface area contributed by atoms with Crippen molar-refractivity contribution in [3.8, 4) is 0 Å². The Kier molecular flexibility index (Phi) is 4.46. The van der Waals surface area contributed by atoms with Gasteiger partial charge in [-0.05, 0) is 63.4 Å². The van der Waals surface area contributed by atoms with Gasteiger partial charge in [-0.1, -0.05) is 6.07 Å². The summed E-state index contributed by atoms with van der Waals surface area (Å²) in [5.74, 6) is 0. The number of carbonyl (C=O) groups excluding carboxylic acids is 1. The van der Waals surface area contributed by atoms with Crippen LogP contribution in [0.25, 0.3) is 10.9 Å². The number of rotatable bonds is 3. The van der Waals surface area contributed by atoms with Crippen LogP contribution in [-0.2, 0) is 11.2 Å². The molecule has 0 atom stereocenters. The van der Waals surface area contributed by atoms with Gasteiger partial charge in [-0.2, -0.15) is 0 Å². The van der Waals surface area contributed by atoms with Gasteiger partial charge in [0, 0.05) is 18.1 Å². The molecule has 2 rings (SSSR count). The molecule has 4 nitrogen and oxygen atoms in total. The molecule has 0 aliphatic carbocycles. The molecular formula is C17H22N2O2. The molecule has 0 aliphatic rings. The van der Waals surface area contributed by atoms with Crippen LogP contribution in [0.3, 0.4) is 0 Å². The first-order valence-electron chi connectivity index (χ1n) is 7.16. The zero-order valence-corrected chi connectivity index (χ0v) is 13.1. The number of benzene rings is 1. The first kappa shape index (κ1) is 15.3. The van der Waals surface area contributed by atoms with Crippen LogP contribution in [0.4, 0.5) is 4.79 Å². The van der Waals surface area contributed by atoms with E-state index in [4.69, 9.17) is 4.74 Å². The largest absolute Gasteiger partial charge is 0.444 e. The number of aryl methyl sites for hydroxylation is 1. The Balaban J connectivity index is 1.97. The summed E-state index contributed by atoms with van der Waals surface area (Å²) in [6.07, 6.45) is 2.20. The van der Waals surface area contributed by atoms with Gasteiger partial charge in [-0.3, -0.25) is 4.98 Å². The second-order valence-electron chi connectivity index (χ2n) is 6.15. The molecule has 1 heterocycles. The molecule has 0 fully saturated rings. The summed E-state index contributed by atoms with van der Waals surface area (Å²) in [6.45, 7) is 8.19. The SMILES string of the molecule is Cc1cc2ncccc2cc1CCNC(=O)OC(C)(C)C. The number of nitrogens with one attached hydrogen (secondary N) is 1. The minimum absolute atomic E-state index is 0.373. The smallest absolute Gasteiger partial charge is 0.407 e. The third-order valence-corrected chi connectivity index (χ3v) is 3.12. The molecule has 1 aromatic heterocycles. The zero-order chi connectivity index (χ0) is 15.5. The molecule has 4 heteroatoms. The molecule has 0 spiro atoms. The van der Waals surface area contributed by atoms with Gasteiger partial charge in [0.05, 0.1) is 5.52 Å². The number of hydrogen-bond acceptors (Lipinski definition) is 3. The summed E-state index contributed by atoms with van der Waals surface area (Å²) in [6, 6.07) is 8.19. The van der Waals surface area contributed by atoms with Crippen molar-refractivity contribution < 1.29 is 9.53 Å². The molecule has 112 valence electrons. The number of ether oxygens (including phenoxy) is 1. The van der Waals surface area contributed by atoms with Crippen LogP contribution in [0, 0.1) is 6.92 Å². The number of aromatic nitrogens is 1. The van der Waals surface area contributed by atoms with Gasteiger partial charge >= 0.3 is 6.09 Å². The summed E-state index contributed by atoms with van der Waals surface area (Å²) < 4.78 is 5.22. The molecule has 0 aliphatic heterocycles. The number of nitrogens with zero attached hydrogens (tertiary/aromatic N) is 1. The average molecular weight is 286 g/mol. The van der Waals surface area contributed by atoms with Crippen molar-refractivity contribution in [1.29, 1.82) is 0 Å². The lowest BCUT2D eigenvalue weighted by molar-refractivity contribution is 0.0528. The third-order valence-electron chi connectivity index (χ3n) is 3.12. The van der Waals surface area contributed by atoms with Crippen LogP contribution in [0.15, 0.2) is 30.5 Å². The standard InChI is InChI=1S/C17H22N2O2/c1-12-10-15-14(6-5-8-18-15)11-13(12)7-9-19-16(20)21-17(2,3)4/h5-6,8,10-11H,7,9H2,1-4H3,(H,19,20).